The largest absolute Gasteiger partial charge is 0.325 e. The van der Waals surface area contributed by atoms with Crippen LogP contribution in [0.3, 0.4) is 0 Å². The van der Waals surface area contributed by atoms with Crippen molar-refractivity contribution in [2.24, 2.45) is 11.8 Å². The first-order chi connectivity index (χ1) is 14.7. The molecule has 0 heterocycles. The minimum absolute atomic E-state index is 0.0845. The fraction of sp³-hybridized carbons (Fsp3) is 0.179. The molecule has 0 fully saturated rings. The maximum absolute atomic E-state index is 13.7. The number of rotatable bonds is 2. The maximum Gasteiger partial charge on any atom is 0.228 e. The number of amides is 1. The fourth-order valence-electron chi connectivity index (χ4n) is 5.89. The molecule has 2 bridgehead atoms. The Morgan fingerprint density at radius 2 is 1.20 bits per heavy atom. The molecule has 146 valence electrons. The molecule has 0 aromatic heterocycles. The lowest BCUT2D eigenvalue weighted by molar-refractivity contribution is -0.122. The second kappa shape index (κ2) is 6.56. The molecule has 1 N–H and O–H groups in total. The average molecular weight is 389 g/mol. The summed E-state index contributed by atoms with van der Waals surface area (Å²) >= 11 is 0. The number of carbonyl (C=O) groups is 1. The third kappa shape index (κ3) is 2.40. The first kappa shape index (κ1) is 17.5. The molecule has 4 aromatic carbocycles. The Morgan fingerprint density at radius 1 is 0.667 bits per heavy atom. The molecule has 7 rings (SSSR count). The normalized spacial score (nSPS) is 23.6. The van der Waals surface area contributed by atoms with Gasteiger partial charge in [0.2, 0.25) is 5.91 Å². The van der Waals surface area contributed by atoms with Gasteiger partial charge in [-0.1, -0.05) is 91.9 Å². The van der Waals surface area contributed by atoms with Crippen LogP contribution in [0, 0.1) is 11.8 Å². The van der Waals surface area contributed by atoms with Crippen LogP contribution in [0.4, 0.5) is 5.69 Å². The predicted octanol–water partition coefficient (Wildman–Crippen LogP) is 6.32. The third-order valence-electron chi connectivity index (χ3n) is 7.13. The van der Waals surface area contributed by atoms with E-state index < -0.39 is 0 Å². The monoisotopic (exact) mass is 389 g/mol. The van der Waals surface area contributed by atoms with E-state index in [0.29, 0.717) is 0 Å². The summed E-state index contributed by atoms with van der Waals surface area (Å²) in [6.07, 6.45) is 0. The molecular formula is C28H23NO. The molecule has 0 saturated heterocycles. The molecule has 0 radical (unpaired) electrons. The summed E-state index contributed by atoms with van der Waals surface area (Å²) in [4.78, 5) is 13.7. The number of hydrogen-bond donors (Lipinski definition) is 1. The summed E-state index contributed by atoms with van der Waals surface area (Å²) in [5.41, 5.74) is 6.31. The number of benzene rings is 4. The van der Waals surface area contributed by atoms with Gasteiger partial charge >= 0.3 is 0 Å². The van der Waals surface area contributed by atoms with Crippen molar-refractivity contribution in [1.82, 2.24) is 0 Å². The van der Waals surface area contributed by atoms with Crippen LogP contribution in [0.2, 0.25) is 0 Å². The third-order valence-corrected chi connectivity index (χ3v) is 7.13. The van der Waals surface area contributed by atoms with Crippen molar-refractivity contribution < 1.29 is 4.79 Å². The summed E-state index contributed by atoms with van der Waals surface area (Å²) in [5.74, 6) is 0.657. The lowest BCUT2D eigenvalue weighted by atomic mass is 9.54. The minimum atomic E-state index is -0.0845. The van der Waals surface area contributed by atoms with Gasteiger partial charge in [-0.3, -0.25) is 4.79 Å². The number of fused-ring (bicyclic) bond motifs is 2. The van der Waals surface area contributed by atoms with E-state index in [0.717, 1.165) is 16.5 Å². The smallest absolute Gasteiger partial charge is 0.228 e. The number of anilines is 1. The van der Waals surface area contributed by atoms with Gasteiger partial charge in [0.05, 0.1) is 5.92 Å². The molecule has 2 atom stereocenters. The highest BCUT2D eigenvalue weighted by molar-refractivity contribution is 6.03. The maximum atomic E-state index is 13.7. The Kier molecular flexibility index (Phi) is 3.82. The minimum Gasteiger partial charge on any atom is -0.325 e. The zero-order chi connectivity index (χ0) is 20.2. The predicted molar refractivity (Wildman–Crippen MR) is 122 cm³/mol. The van der Waals surface area contributed by atoms with Gasteiger partial charge < -0.3 is 5.32 Å². The van der Waals surface area contributed by atoms with Crippen LogP contribution in [0.5, 0.6) is 0 Å². The lowest BCUT2D eigenvalue weighted by Gasteiger charge is -2.49. The van der Waals surface area contributed by atoms with Crippen molar-refractivity contribution in [3.05, 3.63) is 113 Å². The molecule has 0 unspecified atom stereocenters. The van der Waals surface area contributed by atoms with Crippen LogP contribution in [0.15, 0.2) is 91.0 Å². The molecule has 1 amide bonds. The molecule has 0 spiro atoms. The molecule has 0 aliphatic heterocycles. The number of nitrogens with one attached hydrogen (secondary N) is 1. The van der Waals surface area contributed by atoms with Gasteiger partial charge in [0, 0.05) is 22.9 Å². The Balaban J connectivity index is 1.45. The van der Waals surface area contributed by atoms with Gasteiger partial charge in [-0.15, -0.1) is 0 Å². The van der Waals surface area contributed by atoms with E-state index in [-0.39, 0.29) is 29.6 Å². The van der Waals surface area contributed by atoms with E-state index in [1.807, 2.05) is 24.3 Å². The molecule has 3 aliphatic carbocycles. The van der Waals surface area contributed by atoms with Crippen LogP contribution in [0.25, 0.3) is 10.8 Å². The van der Waals surface area contributed by atoms with Crippen LogP contribution < -0.4 is 5.32 Å². The second-order valence-electron chi connectivity index (χ2n) is 8.61. The zero-order valence-electron chi connectivity index (χ0n) is 16.9. The van der Waals surface area contributed by atoms with Gasteiger partial charge in [0.15, 0.2) is 0 Å². The SMILES string of the molecule is C[C@H]1C2c3ccccc3C(c3ccccc32)[C@@H]1C(=O)Nc1cccc2ccccc12. The Bertz CT molecular complexity index is 1240. The highest BCUT2D eigenvalue weighted by Crippen LogP contribution is 2.58. The fourth-order valence-corrected chi connectivity index (χ4v) is 5.89. The molecule has 0 saturated carbocycles. The number of hydrogen-bond acceptors (Lipinski definition) is 1. The van der Waals surface area contributed by atoms with E-state index in [4.69, 9.17) is 0 Å². The highest BCUT2D eigenvalue weighted by atomic mass is 16.1. The van der Waals surface area contributed by atoms with E-state index in [9.17, 15) is 4.79 Å². The van der Waals surface area contributed by atoms with E-state index >= 15 is 0 Å². The van der Waals surface area contributed by atoms with Gasteiger partial charge in [-0.05, 0) is 39.6 Å². The van der Waals surface area contributed by atoms with Crippen LogP contribution >= 0.6 is 0 Å². The Labute approximate surface area is 176 Å². The van der Waals surface area contributed by atoms with Crippen molar-refractivity contribution in [1.29, 1.82) is 0 Å². The topological polar surface area (TPSA) is 29.1 Å². The van der Waals surface area contributed by atoms with Gasteiger partial charge in [-0.2, -0.15) is 0 Å². The van der Waals surface area contributed by atoms with E-state index in [2.05, 4.69) is 79.0 Å². The quantitative estimate of drug-likeness (QED) is 0.427. The van der Waals surface area contributed by atoms with Crippen LogP contribution in [-0.4, -0.2) is 5.91 Å². The molecule has 2 nitrogen and oxygen atoms in total. The molecule has 3 aliphatic rings. The van der Waals surface area contributed by atoms with Gasteiger partial charge in [-0.25, -0.2) is 0 Å². The van der Waals surface area contributed by atoms with Gasteiger partial charge in [0.25, 0.3) is 0 Å². The van der Waals surface area contributed by atoms with Crippen molar-refractivity contribution in [2.75, 3.05) is 5.32 Å². The average Bonchev–Trinajstić information content (AvgIpc) is 2.79. The highest BCUT2D eigenvalue weighted by Gasteiger charge is 2.50. The van der Waals surface area contributed by atoms with E-state index in [1.54, 1.807) is 0 Å². The lowest BCUT2D eigenvalue weighted by Crippen LogP contribution is -2.44. The Morgan fingerprint density at radius 3 is 1.87 bits per heavy atom. The zero-order valence-corrected chi connectivity index (χ0v) is 16.9. The van der Waals surface area contributed by atoms with E-state index in [1.165, 1.54) is 22.3 Å². The van der Waals surface area contributed by atoms with Crippen LogP contribution in [-0.2, 0) is 4.79 Å². The summed E-state index contributed by atoms with van der Waals surface area (Å²) in [7, 11) is 0. The van der Waals surface area contributed by atoms with Gasteiger partial charge in [0.1, 0.15) is 0 Å². The van der Waals surface area contributed by atoms with Crippen molar-refractivity contribution in [3.63, 3.8) is 0 Å². The van der Waals surface area contributed by atoms with Crippen molar-refractivity contribution >= 4 is 22.4 Å². The molecule has 2 heteroatoms. The summed E-state index contributed by atoms with van der Waals surface area (Å²) < 4.78 is 0. The standard InChI is InChI=1S/C28H23NO/c1-17-25-20-12-4-6-14-22(20)27(23-15-7-5-13-21(23)25)26(17)28(30)29-24-16-8-10-18-9-2-3-11-19(18)24/h2-17,25-27H,1H3,(H,29,30)/t17-,25?,26+,27?/m0/s1. The van der Waals surface area contributed by atoms with Crippen LogP contribution in [0.1, 0.15) is 41.0 Å². The second-order valence-corrected chi connectivity index (χ2v) is 8.61. The van der Waals surface area contributed by atoms with Crippen molar-refractivity contribution in [2.45, 2.75) is 18.8 Å². The first-order valence-corrected chi connectivity index (χ1v) is 10.7. The summed E-state index contributed by atoms with van der Waals surface area (Å²) in [6.45, 7) is 2.25. The Hall–Kier alpha value is -3.39. The van der Waals surface area contributed by atoms with Crippen molar-refractivity contribution in [3.8, 4) is 0 Å². The molecular weight excluding hydrogens is 366 g/mol. The summed E-state index contributed by atoms with van der Waals surface area (Å²) in [5, 5.41) is 5.52. The number of carbonyl (C=O) groups excluding carboxylic acids is 1. The molecule has 4 aromatic rings. The first-order valence-electron chi connectivity index (χ1n) is 10.7. The molecule has 30 heavy (non-hydrogen) atoms. The summed E-state index contributed by atoms with van der Waals surface area (Å²) in [6, 6.07) is 31.7.